The summed E-state index contributed by atoms with van der Waals surface area (Å²) in [7, 11) is 0. The van der Waals surface area contributed by atoms with Gasteiger partial charge in [-0.25, -0.2) is 0 Å². The third kappa shape index (κ3) is 5.31. The molecule has 2 radical (unpaired) electrons. The second-order valence-electron chi connectivity index (χ2n) is 2.28. The van der Waals surface area contributed by atoms with Gasteiger partial charge in [-0.05, 0) is 0 Å². The van der Waals surface area contributed by atoms with Gasteiger partial charge in [0, 0.05) is 35.5 Å². The van der Waals surface area contributed by atoms with Gasteiger partial charge in [0.25, 0.3) is 0 Å². The van der Waals surface area contributed by atoms with E-state index in [0.717, 1.165) is 5.57 Å². The molecule has 0 nitrogen and oxygen atoms in total. The van der Waals surface area contributed by atoms with E-state index in [1.807, 2.05) is 55.4 Å². The minimum Gasteiger partial charge on any atom is -0.115 e. The maximum absolute atomic E-state index is 5.04. The summed E-state index contributed by atoms with van der Waals surface area (Å²) >= 11 is 0. The second kappa shape index (κ2) is 7.68. The molecule has 0 aromatic heterocycles. The van der Waals surface area contributed by atoms with Crippen LogP contribution in [-0.4, -0.2) is 0 Å². The van der Waals surface area contributed by atoms with E-state index in [-0.39, 0.29) is 17.1 Å². The quantitative estimate of drug-likeness (QED) is 0.426. The average Bonchev–Trinajstić information content (AvgIpc) is 2.81. The van der Waals surface area contributed by atoms with Gasteiger partial charge in [-0.15, -0.1) is 6.42 Å². The van der Waals surface area contributed by atoms with Crippen LogP contribution in [-0.2, 0) is 17.1 Å². The minimum absolute atomic E-state index is 0. The van der Waals surface area contributed by atoms with E-state index in [4.69, 9.17) is 6.42 Å². The van der Waals surface area contributed by atoms with Crippen molar-refractivity contribution in [2.45, 2.75) is 0 Å². The van der Waals surface area contributed by atoms with E-state index in [9.17, 15) is 0 Å². The normalized spacial score (nSPS) is 15.5. The fourth-order valence-corrected chi connectivity index (χ4v) is 0.791. The van der Waals surface area contributed by atoms with Crippen LogP contribution in [0.25, 0.3) is 0 Å². The van der Waals surface area contributed by atoms with Gasteiger partial charge in [0.15, 0.2) is 0 Å². The van der Waals surface area contributed by atoms with Crippen LogP contribution in [0.15, 0.2) is 48.1 Å². The monoisotopic (exact) mass is 210 g/mol. The third-order valence-corrected chi connectivity index (χ3v) is 1.38. The molecule has 0 bridgehead atoms. The molecule has 0 aromatic rings. The van der Waals surface area contributed by atoms with Crippen LogP contribution in [0.5, 0.6) is 0 Å². The number of hydrogen-bond acceptors (Lipinski definition) is 0. The van der Waals surface area contributed by atoms with E-state index in [0.29, 0.717) is 0 Å². The number of rotatable bonds is 0. The smallest absolute Gasteiger partial charge is 0.0211 e. The minimum atomic E-state index is 0. The van der Waals surface area contributed by atoms with E-state index in [1.54, 1.807) is 0 Å². The summed E-state index contributed by atoms with van der Waals surface area (Å²) in [6.45, 7) is 0. The summed E-state index contributed by atoms with van der Waals surface area (Å²) in [5.74, 6) is 2.51. The van der Waals surface area contributed by atoms with Crippen molar-refractivity contribution < 1.29 is 17.1 Å². The van der Waals surface area contributed by atoms with E-state index in [2.05, 4.69) is 5.92 Å². The van der Waals surface area contributed by atoms with Gasteiger partial charge >= 0.3 is 0 Å². The predicted octanol–water partition coefficient (Wildman–Crippen LogP) is 2.63. The maximum atomic E-state index is 5.04. The molecule has 0 aliphatic heterocycles. The Morgan fingerprint density at radius 3 is 1.85 bits per heavy atom. The van der Waals surface area contributed by atoms with Crippen molar-refractivity contribution in [2.75, 3.05) is 0 Å². The van der Waals surface area contributed by atoms with Crippen molar-refractivity contribution in [1.82, 2.24) is 0 Å². The zero-order valence-electron chi connectivity index (χ0n) is 7.13. The van der Waals surface area contributed by atoms with Crippen LogP contribution in [0, 0.1) is 25.2 Å². The molecule has 0 unspecified atom stereocenters. The Labute approximate surface area is 90.6 Å². The molecule has 0 N–H and O–H groups in total. The molecular formula is C12H10Fe. The Balaban J connectivity index is 0.000000215. The first-order valence-corrected chi connectivity index (χ1v) is 3.78. The summed E-state index contributed by atoms with van der Waals surface area (Å²) in [4.78, 5) is 0. The molecule has 2 rings (SSSR count). The van der Waals surface area contributed by atoms with Crippen molar-refractivity contribution in [3.63, 3.8) is 0 Å². The number of hydrogen-bond donors (Lipinski definition) is 0. The van der Waals surface area contributed by atoms with Gasteiger partial charge in [-0.1, -0.05) is 48.5 Å². The molecule has 0 saturated carbocycles. The maximum Gasteiger partial charge on any atom is 0.0211 e. The van der Waals surface area contributed by atoms with Crippen LogP contribution < -0.4 is 0 Å². The Kier molecular flexibility index (Phi) is 7.11. The average molecular weight is 210 g/mol. The summed E-state index contributed by atoms with van der Waals surface area (Å²) in [5, 5.41) is 0. The number of terminal acetylenes is 1. The van der Waals surface area contributed by atoms with Gasteiger partial charge in [0.2, 0.25) is 0 Å². The van der Waals surface area contributed by atoms with Crippen molar-refractivity contribution >= 4 is 0 Å². The Morgan fingerprint density at radius 1 is 0.923 bits per heavy atom. The van der Waals surface area contributed by atoms with Crippen molar-refractivity contribution in [3.05, 3.63) is 60.9 Å². The van der Waals surface area contributed by atoms with Gasteiger partial charge in [-0.3, -0.25) is 0 Å². The molecule has 0 fully saturated rings. The third-order valence-electron chi connectivity index (χ3n) is 1.38. The molecule has 0 amide bonds. The van der Waals surface area contributed by atoms with Gasteiger partial charge in [-0.2, -0.15) is 0 Å². The first kappa shape index (κ1) is 12.0. The van der Waals surface area contributed by atoms with Gasteiger partial charge in [0.05, 0.1) is 0 Å². The molecule has 66 valence electrons. The number of allylic oxidation sites excluding steroid dienone is 8. The topological polar surface area (TPSA) is 0 Å². The van der Waals surface area contributed by atoms with Crippen LogP contribution in [0.3, 0.4) is 0 Å². The van der Waals surface area contributed by atoms with Crippen molar-refractivity contribution in [2.24, 2.45) is 0 Å². The molecule has 0 saturated heterocycles. The van der Waals surface area contributed by atoms with Gasteiger partial charge < -0.3 is 0 Å². The van der Waals surface area contributed by atoms with Crippen LogP contribution in [0.4, 0.5) is 0 Å². The van der Waals surface area contributed by atoms with E-state index in [1.165, 1.54) is 0 Å². The summed E-state index contributed by atoms with van der Waals surface area (Å²) in [6.07, 6.45) is 22.7. The largest absolute Gasteiger partial charge is 0.115 e. The molecule has 0 heterocycles. The summed E-state index contributed by atoms with van der Waals surface area (Å²) in [5.41, 5.74) is 0.958. The Bertz CT molecular complexity index is 275. The van der Waals surface area contributed by atoms with Crippen LogP contribution in [0.2, 0.25) is 0 Å². The fraction of sp³-hybridized carbons (Fsp3) is 0. The molecule has 1 heteroatoms. The van der Waals surface area contributed by atoms with Crippen molar-refractivity contribution in [1.29, 1.82) is 0 Å². The van der Waals surface area contributed by atoms with Crippen LogP contribution in [0.1, 0.15) is 0 Å². The van der Waals surface area contributed by atoms with Crippen molar-refractivity contribution in [3.8, 4) is 12.3 Å². The first-order valence-electron chi connectivity index (χ1n) is 3.78. The van der Waals surface area contributed by atoms with E-state index >= 15 is 0 Å². The van der Waals surface area contributed by atoms with Crippen LogP contribution >= 0.6 is 0 Å². The Morgan fingerprint density at radius 2 is 1.62 bits per heavy atom. The zero-order chi connectivity index (χ0) is 8.65. The summed E-state index contributed by atoms with van der Waals surface area (Å²) < 4.78 is 0. The standard InChI is InChI=1S/C7H5.C5H5.Fe/c1-2-7-5-3-4-6-7;1-2-4-5-3-1;/h1,3-6H;1-5H;. The molecule has 0 aromatic carbocycles. The summed E-state index contributed by atoms with van der Waals surface area (Å²) in [6, 6.07) is 0. The predicted molar refractivity (Wildman–Crippen MR) is 52.9 cm³/mol. The molecule has 2 aliphatic carbocycles. The fourth-order valence-electron chi connectivity index (χ4n) is 0.791. The van der Waals surface area contributed by atoms with Gasteiger partial charge in [0.1, 0.15) is 0 Å². The zero-order valence-corrected chi connectivity index (χ0v) is 8.23. The molecule has 2 aliphatic rings. The second-order valence-corrected chi connectivity index (χ2v) is 2.28. The SMILES string of the molecule is C#CC1=CC=C[CH]1.[CH]1C=CC=C1.[Fe]. The molecule has 0 spiro atoms. The Hall–Kier alpha value is -0.961. The first-order chi connectivity index (χ1) is 5.93. The molecule has 13 heavy (non-hydrogen) atoms. The molecular weight excluding hydrogens is 200 g/mol. The molecule has 0 atom stereocenters. The van der Waals surface area contributed by atoms with E-state index < -0.39 is 0 Å².